The van der Waals surface area contributed by atoms with Gasteiger partial charge in [0.15, 0.2) is 0 Å². The summed E-state index contributed by atoms with van der Waals surface area (Å²) < 4.78 is 10.9. The second kappa shape index (κ2) is 15.5. The molecule has 11 nitrogen and oxygen atoms in total. The van der Waals surface area contributed by atoms with Gasteiger partial charge in [-0.25, -0.2) is 9.78 Å². The van der Waals surface area contributed by atoms with E-state index in [1.807, 2.05) is 59.7 Å². The van der Waals surface area contributed by atoms with E-state index in [0.29, 0.717) is 17.0 Å². The van der Waals surface area contributed by atoms with Gasteiger partial charge in [-0.15, -0.1) is 0 Å². The number of rotatable bonds is 11. The Morgan fingerprint density at radius 2 is 1.79 bits per heavy atom. The van der Waals surface area contributed by atoms with Crippen LogP contribution in [0.25, 0.3) is 11.1 Å². The zero-order valence-electron chi connectivity index (χ0n) is 28.7. The van der Waals surface area contributed by atoms with Gasteiger partial charge >= 0.3 is 6.09 Å². The van der Waals surface area contributed by atoms with Crippen molar-refractivity contribution in [1.29, 1.82) is 0 Å². The van der Waals surface area contributed by atoms with E-state index in [9.17, 15) is 14.4 Å². The van der Waals surface area contributed by atoms with E-state index in [-0.39, 0.29) is 43.3 Å². The van der Waals surface area contributed by atoms with Crippen molar-refractivity contribution in [2.45, 2.75) is 98.4 Å². The lowest BCUT2D eigenvalue weighted by Crippen LogP contribution is -2.45. The van der Waals surface area contributed by atoms with E-state index < -0.39 is 11.7 Å². The number of aliphatic hydroxyl groups excluding tert-OH is 1. The van der Waals surface area contributed by atoms with Gasteiger partial charge in [-0.3, -0.25) is 9.59 Å². The number of aromatic nitrogens is 2. The number of anilines is 1. The number of nitrogens with one attached hydrogen (secondary N) is 3. The standard InChI is InChI=1S/C36H49N5O6/c1-8-41(28-12-10-27(11-13-28)40-35(45)47-36(5,6)7)31-19-26(25-9-14-32(37-20-25)46-16-15-42)18-29(24(31)4)33(43)38-21-30-22(2)17-23(3)39-34(30)44/h9,14,17-20,27-28,42H,8,10-13,15-16,21H2,1-7H3,(H,38,43)(H,39,44)(H,40,45). The molecule has 0 unspecified atom stereocenters. The fraction of sp³-hybridized carbons (Fsp3) is 0.500. The third-order valence-corrected chi connectivity index (χ3v) is 8.46. The Morgan fingerprint density at radius 1 is 1.06 bits per heavy atom. The number of aromatic amines is 1. The van der Waals surface area contributed by atoms with Crippen LogP contribution in [0.4, 0.5) is 10.5 Å². The summed E-state index contributed by atoms with van der Waals surface area (Å²) >= 11 is 0. The summed E-state index contributed by atoms with van der Waals surface area (Å²) in [5, 5.41) is 15.1. The van der Waals surface area contributed by atoms with Gasteiger partial charge in [0.2, 0.25) is 5.88 Å². The molecule has 3 aromatic rings. The normalized spacial score (nSPS) is 16.3. The fourth-order valence-electron chi connectivity index (χ4n) is 6.18. The SMILES string of the molecule is CCN(c1cc(-c2ccc(OCCO)nc2)cc(C(=O)NCc2c(C)cc(C)[nH]c2=O)c1C)C1CCC(NC(=O)OC(C)(C)C)CC1. The van der Waals surface area contributed by atoms with Crippen molar-refractivity contribution in [3.8, 4) is 17.0 Å². The third-order valence-electron chi connectivity index (χ3n) is 8.46. The van der Waals surface area contributed by atoms with Crippen LogP contribution >= 0.6 is 0 Å². The van der Waals surface area contributed by atoms with E-state index in [2.05, 4.69) is 38.5 Å². The van der Waals surface area contributed by atoms with Crippen molar-refractivity contribution < 1.29 is 24.2 Å². The molecule has 4 rings (SSSR count). The van der Waals surface area contributed by atoms with Gasteiger partial charge in [0.25, 0.3) is 11.5 Å². The number of aliphatic hydroxyl groups is 1. The molecule has 0 spiro atoms. The number of amides is 2. The first kappa shape index (κ1) is 35.5. The summed E-state index contributed by atoms with van der Waals surface area (Å²) in [6, 6.07) is 9.73. The minimum atomic E-state index is -0.552. The average Bonchev–Trinajstić information content (AvgIpc) is 3.00. The number of H-pyrrole nitrogens is 1. The Bertz CT molecular complexity index is 1600. The summed E-state index contributed by atoms with van der Waals surface area (Å²) in [7, 11) is 0. The number of pyridine rings is 2. The maximum atomic E-state index is 13.8. The molecule has 1 aliphatic rings. The highest BCUT2D eigenvalue weighted by atomic mass is 16.6. The molecule has 0 saturated heterocycles. The Balaban J connectivity index is 1.62. The average molecular weight is 648 g/mol. The zero-order valence-corrected chi connectivity index (χ0v) is 28.7. The van der Waals surface area contributed by atoms with Crippen molar-refractivity contribution in [2.24, 2.45) is 0 Å². The first-order valence-corrected chi connectivity index (χ1v) is 16.4. The highest BCUT2D eigenvalue weighted by molar-refractivity contribution is 5.99. The predicted octanol–water partition coefficient (Wildman–Crippen LogP) is 5.33. The van der Waals surface area contributed by atoms with Crippen molar-refractivity contribution in [3.63, 3.8) is 0 Å². The van der Waals surface area contributed by atoms with Crippen molar-refractivity contribution >= 4 is 17.7 Å². The Labute approximate surface area is 277 Å². The maximum absolute atomic E-state index is 13.8. The van der Waals surface area contributed by atoms with Gasteiger partial charge < -0.3 is 35.1 Å². The van der Waals surface area contributed by atoms with Crippen LogP contribution in [0.2, 0.25) is 0 Å². The highest BCUT2D eigenvalue weighted by Crippen LogP contribution is 2.35. The molecule has 1 aromatic carbocycles. The first-order valence-electron chi connectivity index (χ1n) is 16.4. The van der Waals surface area contributed by atoms with Crippen LogP contribution in [0.1, 0.15) is 86.1 Å². The molecular weight excluding hydrogens is 598 g/mol. The fourth-order valence-corrected chi connectivity index (χ4v) is 6.18. The third kappa shape index (κ3) is 9.34. The van der Waals surface area contributed by atoms with Crippen LogP contribution in [0.15, 0.2) is 41.3 Å². The number of carbonyl (C=O) groups excluding carboxylic acids is 2. The monoisotopic (exact) mass is 647 g/mol. The number of hydrogen-bond acceptors (Lipinski definition) is 8. The van der Waals surface area contributed by atoms with Gasteiger partial charge in [-0.2, -0.15) is 0 Å². The molecule has 2 heterocycles. The van der Waals surface area contributed by atoms with Crippen LogP contribution in [-0.2, 0) is 11.3 Å². The second-order valence-electron chi connectivity index (χ2n) is 13.2. The molecule has 254 valence electrons. The Hall–Kier alpha value is -4.38. The van der Waals surface area contributed by atoms with Crippen LogP contribution in [0.3, 0.4) is 0 Å². The van der Waals surface area contributed by atoms with E-state index in [1.54, 1.807) is 12.3 Å². The van der Waals surface area contributed by atoms with Crippen molar-refractivity contribution in [2.75, 3.05) is 24.7 Å². The van der Waals surface area contributed by atoms with Gasteiger partial charge in [-0.05, 0) is 115 Å². The number of ether oxygens (including phenoxy) is 2. The Kier molecular flexibility index (Phi) is 11.7. The lowest BCUT2D eigenvalue weighted by molar-refractivity contribution is 0.0491. The molecule has 2 amide bonds. The number of alkyl carbamates (subject to hydrolysis) is 1. The number of hydrogen-bond donors (Lipinski definition) is 4. The second-order valence-corrected chi connectivity index (χ2v) is 13.2. The largest absolute Gasteiger partial charge is 0.475 e. The summed E-state index contributed by atoms with van der Waals surface area (Å²) in [5.74, 6) is 0.126. The van der Waals surface area contributed by atoms with Crippen molar-refractivity contribution in [3.05, 3.63) is 74.8 Å². The molecule has 0 radical (unpaired) electrons. The molecule has 1 fully saturated rings. The van der Waals surface area contributed by atoms with Gasteiger partial charge in [-0.1, -0.05) is 0 Å². The van der Waals surface area contributed by atoms with Gasteiger partial charge in [0.1, 0.15) is 12.2 Å². The van der Waals surface area contributed by atoms with E-state index >= 15 is 0 Å². The Morgan fingerprint density at radius 3 is 2.38 bits per heavy atom. The topological polar surface area (TPSA) is 146 Å². The summed E-state index contributed by atoms with van der Waals surface area (Å²) in [6.45, 7) is 14.2. The number of nitrogens with zero attached hydrogens (tertiary/aromatic N) is 2. The molecule has 11 heteroatoms. The summed E-state index contributed by atoms with van der Waals surface area (Å²) in [5.41, 5.74) is 5.28. The zero-order chi connectivity index (χ0) is 34.3. The van der Waals surface area contributed by atoms with Gasteiger partial charge in [0.05, 0.1) is 6.61 Å². The van der Waals surface area contributed by atoms with Crippen LogP contribution in [0.5, 0.6) is 5.88 Å². The molecule has 1 saturated carbocycles. The molecule has 0 aliphatic heterocycles. The van der Waals surface area contributed by atoms with Crippen LogP contribution in [0, 0.1) is 20.8 Å². The number of benzene rings is 1. The van der Waals surface area contributed by atoms with Crippen LogP contribution in [-0.4, -0.2) is 64.5 Å². The number of aryl methyl sites for hydroxylation is 2. The lowest BCUT2D eigenvalue weighted by atomic mass is 9.89. The molecule has 47 heavy (non-hydrogen) atoms. The quantitative estimate of drug-likeness (QED) is 0.219. The van der Waals surface area contributed by atoms with Gasteiger partial charge in [0, 0.05) is 65.5 Å². The minimum absolute atomic E-state index is 0.0413. The summed E-state index contributed by atoms with van der Waals surface area (Å²) in [4.78, 5) is 48.4. The molecule has 0 bridgehead atoms. The highest BCUT2D eigenvalue weighted by Gasteiger charge is 2.29. The molecule has 0 atom stereocenters. The van der Waals surface area contributed by atoms with E-state index in [0.717, 1.165) is 65.9 Å². The summed E-state index contributed by atoms with van der Waals surface area (Å²) in [6.07, 6.45) is 4.67. The smallest absolute Gasteiger partial charge is 0.407 e. The number of carbonyl (C=O) groups is 2. The van der Waals surface area contributed by atoms with E-state index in [4.69, 9.17) is 14.6 Å². The van der Waals surface area contributed by atoms with Crippen molar-refractivity contribution in [1.82, 2.24) is 20.6 Å². The lowest BCUT2D eigenvalue weighted by Gasteiger charge is -2.39. The van der Waals surface area contributed by atoms with E-state index in [1.165, 1.54) is 0 Å². The molecule has 2 aromatic heterocycles. The first-order chi connectivity index (χ1) is 22.3. The predicted molar refractivity (Wildman–Crippen MR) is 183 cm³/mol. The molecular formula is C36H49N5O6. The van der Waals surface area contributed by atoms with Crippen LogP contribution < -0.4 is 25.8 Å². The molecule has 1 aliphatic carbocycles. The minimum Gasteiger partial charge on any atom is -0.475 e. The maximum Gasteiger partial charge on any atom is 0.407 e. The molecule has 4 N–H and O–H groups in total.